The van der Waals surface area contributed by atoms with E-state index in [1.54, 1.807) is 11.6 Å². The fourth-order valence-electron chi connectivity index (χ4n) is 5.08. The van der Waals surface area contributed by atoms with Crippen molar-refractivity contribution >= 4 is 17.7 Å². The third kappa shape index (κ3) is 2.64. The van der Waals surface area contributed by atoms with Crippen molar-refractivity contribution in [1.82, 2.24) is 14.7 Å². The number of aryl methyl sites for hydroxylation is 2. The lowest BCUT2D eigenvalue weighted by Crippen LogP contribution is -2.44. The van der Waals surface area contributed by atoms with Crippen LogP contribution in [-0.4, -0.2) is 49.5 Å². The van der Waals surface area contributed by atoms with Crippen LogP contribution >= 0.6 is 0 Å². The Kier molecular flexibility index (Phi) is 4.67. The molecule has 0 aliphatic carbocycles. The van der Waals surface area contributed by atoms with Crippen LogP contribution in [0.15, 0.2) is 0 Å². The van der Waals surface area contributed by atoms with Crippen molar-refractivity contribution in [3.63, 3.8) is 0 Å². The van der Waals surface area contributed by atoms with Gasteiger partial charge in [0.05, 0.1) is 16.7 Å². The second kappa shape index (κ2) is 6.52. The van der Waals surface area contributed by atoms with Crippen LogP contribution < -0.4 is 0 Å². The van der Waals surface area contributed by atoms with Crippen molar-refractivity contribution in [2.24, 2.45) is 5.41 Å². The second-order valence-electron chi connectivity index (χ2n) is 7.64. The van der Waals surface area contributed by atoms with Gasteiger partial charge in [0.15, 0.2) is 5.78 Å². The lowest BCUT2D eigenvalue weighted by Gasteiger charge is -2.32. The highest BCUT2D eigenvalue weighted by Gasteiger charge is 2.60. The van der Waals surface area contributed by atoms with Gasteiger partial charge in [-0.05, 0) is 46.5 Å². The van der Waals surface area contributed by atoms with E-state index in [4.69, 9.17) is 0 Å². The number of rotatable bonds is 6. The minimum atomic E-state index is -0.793. The van der Waals surface area contributed by atoms with Crippen molar-refractivity contribution in [1.29, 1.82) is 0 Å². The topological polar surface area (TPSA) is 92.5 Å². The Hall–Kier alpha value is -2.18. The van der Waals surface area contributed by atoms with Gasteiger partial charge in [-0.2, -0.15) is 5.10 Å². The Labute approximate surface area is 153 Å². The molecule has 0 aromatic carbocycles. The van der Waals surface area contributed by atoms with Crippen LogP contribution in [0.2, 0.25) is 0 Å². The summed E-state index contributed by atoms with van der Waals surface area (Å²) in [6.45, 7) is 7.46. The van der Waals surface area contributed by atoms with E-state index >= 15 is 0 Å². The molecule has 2 aliphatic rings. The Morgan fingerprint density at radius 1 is 1.27 bits per heavy atom. The molecule has 1 aromatic rings. The summed E-state index contributed by atoms with van der Waals surface area (Å²) in [5.74, 6) is -0.815. The summed E-state index contributed by atoms with van der Waals surface area (Å²) in [5.41, 5.74) is 1.29. The first kappa shape index (κ1) is 18.6. The van der Waals surface area contributed by atoms with E-state index in [0.29, 0.717) is 30.6 Å². The Morgan fingerprint density at radius 2 is 1.96 bits per heavy atom. The average Bonchev–Trinajstić information content (AvgIpc) is 3.22. The summed E-state index contributed by atoms with van der Waals surface area (Å²) in [7, 11) is 0. The van der Waals surface area contributed by atoms with E-state index in [0.717, 1.165) is 18.5 Å². The highest BCUT2D eigenvalue weighted by molar-refractivity contribution is 5.96. The van der Waals surface area contributed by atoms with Crippen molar-refractivity contribution in [2.45, 2.75) is 78.4 Å². The van der Waals surface area contributed by atoms with Crippen LogP contribution in [0.25, 0.3) is 0 Å². The number of ketones is 1. The largest absolute Gasteiger partial charge is 0.481 e. The van der Waals surface area contributed by atoms with Gasteiger partial charge in [-0.15, -0.1) is 0 Å². The van der Waals surface area contributed by atoms with Gasteiger partial charge in [0, 0.05) is 30.7 Å². The maximum atomic E-state index is 12.9. The van der Waals surface area contributed by atoms with Crippen LogP contribution in [0.1, 0.15) is 67.7 Å². The molecule has 3 atom stereocenters. The third-order valence-corrected chi connectivity index (χ3v) is 6.36. The number of fused-ring (bicyclic) bond motifs is 2. The van der Waals surface area contributed by atoms with E-state index in [1.165, 1.54) is 6.92 Å². The molecule has 2 bridgehead atoms. The summed E-state index contributed by atoms with van der Waals surface area (Å²) in [4.78, 5) is 38.3. The fourth-order valence-corrected chi connectivity index (χ4v) is 5.08. The number of aliphatic carboxylic acids is 1. The lowest BCUT2D eigenvalue weighted by atomic mass is 9.72. The van der Waals surface area contributed by atoms with Crippen molar-refractivity contribution in [3.05, 3.63) is 17.0 Å². The molecule has 26 heavy (non-hydrogen) atoms. The standard InChI is InChI=1S/C19H27N3O4/c1-5-19(18(25)26)10-14-6-7-15(19)22(14)16(24)8-9-21-12(3)17(13(4)23)11(2)20-21/h14-15H,5-10H2,1-4H3,(H,25,26)/t14-,15+,19+/m0/s1. The van der Waals surface area contributed by atoms with Gasteiger partial charge in [0.1, 0.15) is 0 Å². The molecule has 7 nitrogen and oxygen atoms in total. The number of nitrogens with zero attached hydrogens (tertiary/aromatic N) is 3. The molecule has 1 amide bonds. The third-order valence-electron chi connectivity index (χ3n) is 6.36. The summed E-state index contributed by atoms with van der Waals surface area (Å²) < 4.78 is 1.71. The van der Waals surface area contributed by atoms with Crippen LogP contribution in [0.3, 0.4) is 0 Å². The molecule has 1 N–H and O–H groups in total. The lowest BCUT2D eigenvalue weighted by molar-refractivity contribution is -0.151. The zero-order chi connectivity index (χ0) is 19.2. The van der Waals surface area contributed by atoms with Gasteiger partial charge >= 0.3 is 5.97 Å². The van der Waals surface area contributed by atoms with Gasteiger partial charge in [0.2, 0.25) is 5.91 Å². The number of aromatic nitrogens is 2. The van der Waals surface area contributed by atoms with Gasteiger partial charge in [0.25, 0.3) is 0 Å². The second-order valence-corrected chi connectivity index (χ2v) is 7.64. The van der Waals surface area contributed by atoms with Crippen LogP contribution in [0, 0.1) is 19.3 Å². The molecule has 7 heteroatoms. The summed E-state index contributed by atoms with van der Waals surface area (Å²) in [6.07, 6.45) is 3.03. The number of carbonyl (C=O) groups excluding carboxylic acids is 2. The zero-order valence-electron chi connectivity index (χ0n) is 15.9. The molecule has 1 aromatic heterocycles. The number of hydrogen-bond donors (Lipinski definition) is 1. The van der Waals surface area contributed by atoms with Gasteiger partial charge < -0.3 is 10.0 Å². The monoisotopic (exact) mass is 361 g/mol. The number of amides is 1. The fraction of sp³-hybridized carbons (Fsp3) is 0.684. The van der Waals surface area contributed by atoms with Crippen LogP contribution in [0.4, 0.5) is 0 Å². The number of carboxylic acids is 1. The first-order valence-electron chi connectivity index (χ1n) is 9.32. The molecular formula is C19H27N3O4. The first-order chi connectivity index (χ1) is 12.2. The highest BCUT2D eigenvalue weighted by atomic mass is 16.4. The van der Waals surface area contributed by atoms with E-state index in [2.05, 4.69) is 5.10 Å². The van der Waals surface area contributed by atoms with Gasteiger partial charge in [-0.3, -0.25) is 19.1 Å². The molecule has 0 unspecified atom stereocenters. The number of carbonyl (C=O) groups is 3. The molecule has 3 rings (SSSR count). The zero-order valence-corrected chi connectivity index (χ0v) is 15.9. The SMILES string of the molecule is CC[C@@]1(C(=O)O)C[C@@H]2CC[C@H]1N2C(=O)CCn1nc(C)c(C(C)=O)c1C. The maximum Gasteiger partial charge on any atom is 0.311 e. The van der Waals surface area contributed by atoms with Crippen molar-refractivity contribution in [2.75, 3.05) is 0 Å². The minimum Gasteiger partial charge on any atom is -0.481 e. The molecule has 0 saturated carbocycles. The molecule has 0 radical (unpaired) electrons. The number of Topliss-reactive ketones (excluding diaryl/α,β-unsaturated/α-hetero) is 1. The Balaban J connectivity index is 1.73. The molecular weight excluding hydrogens is 334 g/mol. The van der Waals surface area contributed by atoms with E-state index in [9.17, 15) is 19.5 Å². The smallest absolute Gasteiger partial charge is 0.311 e. The molecule has 2 fully saturated rings. The van der Waals surface area contributed by atoms with Gasteiger partial charge in [-0.1, -0.05) is 6.92 Å². The highest BCUT2D eigenvalue weighted by Crippen LogP contribution is 2.52. The number of hydrogen-bond acceptors (Lipinski definition) is 4. The van der Waals surface area contributed by atoms with Crippen molar-refractivity contribution in [3.8, 4) is 0 Å². The van der Waals surface area contributed by atoms with Crippen LogP contribution in [0.5, 0.6) is 0 Å². The average molecular weight is 361 g/mol. The van der Waals surface area contributed by atoms with E-state index in [1.807, 2.05) is 18.7 Å². The van der Waals surface area contributed by atoms with Gasteiger partial charge in [-0.25, -0.2) is 0 Å². The predicted molar refractivity (Wildman–Crippen MR) is 95.0 cm³/mol. The summed E-state index contributed by atoms with van der Waals surface area (Å²) in [6, 6.07) is -0.160. The van der Waals surface area contributed by atoms with E-state index in [-0.39, 0.29) is 30.2 Å². The maximum absolute atomic E-state index is 12.9. The molecule has 0 spiro atoms. The summed E-state index contributed by atoms with van der Waals surface area (Å²) in [5, 5.41) is 14.1. The van der Waals surface area contributed by atoms with Crippen LogP contribution in [-0.2, 0) is 16.1 Å². The Morgan fingerprint density at radius 3 is 2.46 bits per heavy atom. The normalized spacial score (nSPS) is 27.2. The first-order valence-corrected chi connectivity index (χ1v) is 9.32. The van der Waals surface area contributed by atoms with Crippen molar-refractivity contribution < 1.29 is 19.5 Å². The predicted octanol–water partition coefficient (Wildman–Crippen LogP) is 2.34. The Bertz CT molecular complexity index is 769. The minimum absolute atomic E-state index is 0.00833. The quantitative estimate of drug-likeness (QED) is 0.785. The molecule has 2 aliphatic heterocycles. The van der Waals surface area contributed by atoms with E-state index < -0.39 is 11.4 Å². The number of carboxylic acid groups (broad SMARTS) is 1. The molecule has 2 saturated heterocycles. The summed E-state index contributed by atoms with van der Waals surface area (Å²) >= 11 is 0. The molecule has 3 heterocycles. The molecule has 142 valence electrons.